The second-order valence-electron chi connectivity index (χ2n) is 6.93. The van der Waals surface area contributed by atoms with Crippen molar-refractivity contribution in [2.75, 3.05) is 0 Å². The average molecular weight is 287 g/mol. The minimum atomic E-state index is 0.244. The van der Waals surface area contributed by atoms with E-state index in [1.54, 1.807) is 0 Å². The van der Waals surface area contributed by atoms with Crippen LogP contribution in [-0.4, -0.2) is 0 Å². The van der Waals surface area contributed by atoms with Gasteiger partial charge in [-0.25, -0.2) is 0 Å². The van der Waals surface area contributed by atoms with Gasteiger partial charge in [0.2, 0.25) is 0 Å². The number of hydrogen-bond acceptors (Lipinski definition) is 1. The highest BCUT2D eigenvalue weighted by molar-refractivity contribution is 5.42. The zero-order valence-electron chi connectivity index (χ0n) is 14.4. The highest BCUT2D eigenvalue weighted by Crippen LogP contribution is 2.38. The lowest BCUT2D eigenvalue weighted by Gasteiger charge is -2.33. The quantitative estimate of drug-likeness (QED) is 0.791. The van der Waals surface area contributed by atoms with Crippen LogP contribution in [-0.2, 0) is 19.3 Å². The molecule has 1 heteroatoms. The molecule has 21 heavy (non-hydrogen) atoms. The highest BCUT2D eigenvalue weighted by atomic mass is 14.7. The van der Waals surface area contributed by atoms with E-state index in [9.17, 15) is 0 Å². The van der Waals surface area contributed by atoms with E-state index in [4.69, 9.17) is 5.73 Å². The summed E-state index contributed by atoms with van der Waals surface area (Å²) in [7, 11) is 0. The van der Waals surface area contributed by atoms with Crippen LogP contribution in [0.5, 0.6) is 0 Å². The van der Waals surface area contributed by atoms with Crippen LogP contribution in [0.3, 0.4) is 0 Å². The van der Waals surface area contributed by atoms with Gasteiger partial charge in [-0.2, -0.15) is 0 Å². The van der Waals surface area contributed by atoms with Gasteiger partial charge >= 0.3 is 0 Å². The van der Waals surface area contributed by atoms with Crippen molar-refractivity contribution in [3.63, 3.8) is 0 Å². The van der Waals surface area contributed by atoms with E-state index in [1.807, 2.05) is 0 Å². The maximum absolute atomic E-state index is 6.76. The van der Waals surface area contributed by atoms with Crippen molar-refractivity contribution in [3.8, 4) is 0 Å². The molecule has 0 amide bonds. The molecule has 1 saturated carbocycles. The molecular weight excluding hydrogens is 254 g/mol. The van der Waals surface area contributed by atoms with Crippen molar-refractivity contribution in [3.05, 3.63) is 34.4 Å². The van der Waals surface area contributed by atoms with E-state index in [2.05, 4.69) is 39.8 Å². The molecule has 0 radical (unpaired) electrons. The number of nitrogens with two attached hydrogens (primary N) is 1. The normalized spacial score (nSPS) is 24.0. The molecule has 1 atom stereocenters. The summed E-state index contributed by atoms with van der Waals surface area (Å²) in [4.78, 5) is 0. The molecule has 1 aliphatic carbocycles. The maximum Gasteiger partial charge on any atom is 0.0329 e. The first-order valence-corrected chi connectivity index (χ1v) is 9.00. The molecule has 1 aromatic rings. The van der Waals surface area contributed by atoms with Crippen LogP contribution >= 0.6 is 0 Å². The Morgan fingerprint density at radius 2 is 1.48 bits per heavy atom. The topological polar surface area (TPSA) is 26.0 Å². The molecule has 0 saturated heterocycles. The summed E-state index contributed by atoms with van der Waals surface area (Å²) in [5, 5.41) is 0. The first-order valence-electron chi connectivity index (χ1n) is 9.00. The fourth-order valence-electron chi connectivity index (χ4n) is 3.95. The van der Waals surface area contributed by atoms with Gasteiger partial charge in [-0.3, -0.25) is 0 Å². The molecule has 118 valence electrons. The van der Waals surface area contributed by atoms with Gasteiger partial charge in [0.15, 0.2) is 0 Å². The zero-order valence-corrected chi connectivity index (χ0v) is 14.4. The predicted molar refractivity (Wildman–Crippen MR) is 92.6 cm³/mol. The first kappa shape index (κ1) is 16.5. The van der Waals surface area contributed by atoms with Gasteiger partial charge in [-0.05, 0) is 66.2 Å². The van der Waals surface area contributed by atoms with Crippen LogP contribution in [0.2, 0.25) is 0 Å². The van der Waals surface area contributed by atoms with Crippen molar-refractivity contribution in [2.24, 2.45) is 17.6 Å². The van der Waals surface area contributed by atoms with Gasteiger partial charge < -0.3 is 5.73 Å². The summed E-state index contributed by atoms with van der Waals surface area (Å²) in [5.74, 6) is 1.58. The van der Waals surface area contributed by atoms with E-state index < -0.39 is 0 Å². The van der Waals surface area contributed by atoms with Crippen LogP contribution in [0.1, 0.15) is 81.7 Å². The van der Waals surface area contributed by atoms with Gasteiger partial charge in [-0.1, -0.05) is 52.7 Å². The van der Waals surface area contributed by atoms with Gasteiger partial charge in [0.1, 0.15) is 0 Å². The molecule has 1 nitrogen and oxygen atoms in total. The maximum atomic E-state index is 6.76. The Balaban J connectivity index is 2.32. The lowest BCUT2D eigenvalue weighted by atomic mass is 9.75. The van der Waals surface area contributed by atoms with Gasteiger partial charge in [-0.15, -0.1) is 0 Å². The molecule has 1 aliphatic rings. The summed E-state index contributed by atoms with van der Waals surface area (Å²) in [5.41, 5.74) is 12.7. The van der Waals surface area contributed by atoms with E-state index in [0.717, 1.165) is 25.2 Å². The molecule has 0 bridgehead atoms. The van der Waals surface area contributed by atoms with Crippen LogP contribution in [0, 0.1) is 11.8 Å². The van der Waals surface area contributed by atoms with E-state index in [1.165, 1.54) is 47.9 Å². The van der Waals surface area contributed by atoms with Crippen molar-refractivity contribution >= 4 is 0 Å². The largest absolute Gasteiger partial charge is 0.324 e. The van der Waals surface area contributed by atoms with Crippen LogP contribution < -0.4 is 5.73 Å². The Morgan fingerprint density at radius 3 is 1.90 bits per heavy atom. The zero-order chi connectivity index (χ0) is 15.4. The third kappa shape index (κ3) is 3.69. The van der Waals surface area contributed by atoms with Crippen LogP contribution in [0.15, 0.2) is 12.1 Å². The molecule has 2 rings (SSSR count). The molecule has 0 spiro atoms. The Bertz CT molecular complexity index is 430. The second kappa shape index (κ2) is 7.45. The number of rotatable bonds is 5. The minimum Gasteiger partial charge on any atom is -0.324 e. The molecule has 1 fully saturated rings. The molecule has 1 aromatic carbocycles. The van der Waals surface area contributed by atoms with E-state index >= 15 is 0 Å². The Kier molecular flexibility index (Phi) is 5.87. The van der Waals surface area contributed by atoms with Crippen molar-refractivity contribution < 1.29 is 0 Å². The summed E-state index contributed by atoms with van der Waals surface area (Å²) in [6.07, 6.45) is 8.66. The monoisotopic (exact) mass is 287 g/mol. The summed E-state index contributed by atoms with van der Waals surface area (Å²) in [6.45, 7) is 9.17. The third-order valence-corrected chi connectivity index (χ3v) is 5.48. The summed E-state index contributed by atoms with van der Waals surface area (Å²) < 4.78 is 0. The fourth-order valence-corrected chi connectivity index (χ4v) is 3.95. The predicted octanol–water partition coefficient (Wildman–Crippen LogP) is 5.20. The van der Waals surface area contributed by atoms with Crippen molar-refractivity contribution in [1.29, 1.82) is 0 Å². The second-order valence-corrected chi connectivity index (χ2v) is 6.93. The molecule has 0 aromatic heterocycles. The van der Waals surface area contributed by atoms with E-state index in [-0.39, 0.29) is 6.04 Å². The molecule has 2 N–H and O–H groups in total. The highest BCUT2D eigenvalue weighted by Gasteiger charge is 2.27. The Hall–Kier alpha value is -0.820. The summed E-state index contributed by atoms with van der Waals surface area (Å²) in [6, 6.07) is 5.05. The van der Waals surface area contributed by atoms with Gasteiger partial charge in [0.25, 0.3) is 0 Å². The van der Waals surface area contributed by atoms with Crippen LogP contribution in [0.4, 0.5) is 0 Å². The lowest BCUT2D eigenvalue weighted by molar-refractivity contribution is 0.255. The average Bonchev–Trinajstić information content (AvgIpc) is 2.53. The summed E-state index contributed by atoms with van der Waals surface area (Å²) >= 11 is 0. The molecular formula is C20H33N. The van der Waals surface area contributed by atoms with Crippen molar-refractivity contribution in [1.82, 2.24) is 0 Å². The SMILES string of the molecule is CCc1cc(CC)c(C(N)C2CCC(C)CC2)c(CC)c1. The smallest absolute Gasteiger partial charge is 0.0329 e. The number of aryl methyl sites for hydroxylation is 3. The molecule has 1 unspecified atom stereocenters. The van der Waals surface area contributed by atoms with Crippen LogP contribution in [0.25, 0.3) is 0 Å². The standard InChI is InChI=1S/C20H33N/c1-5-15-12-16(6-2)19(17(7-3)13-15)20(21)18-10-8-14(4)9-11-18/h12-14,18,20H,5-11,21H2,1-4H3. The fraction of sp³-hybridized carbons (Fsp3) is 0.700. The Labute approximate surface area is 131 Å². The minimum absolute atomic E-state index is 0.244. The number of benzene rings is 1. The molecule has 0 heterocycles. The van der Waals surface area contributed by atoms with Crippen molar-refractivity contribution in [2.45, 2.75) is 78.7 Å². The van der Waals surface area contributed by atoms with E-state index in [0.29, 0.717) is 5.92 Å². The number of hydrogen-bond donors (Lipinski definition) is 1. The Morgan fingerprint density at radius 1 is 0.952 bits per heavy atom. The van der Waals surface area contributed by atoms with Gasteiger partial charge in [0.05, 0.1) is 0 Å². The lowest BCUT2D eigenvalue weighted by Crippen LogP contribution is -2.27. The third-order valence-electron chi connectivity index (χ3n) is 5.48. The first-order chi connectivity index (χ1) is 10.1. The van der Waals surface area contributed by atoms with Gasteiger partial charge in [0, 0.05) is 6.04 Å². The molecule has 0 aliphatic heterocycles.